The van der Waals surface area contributed by atoms with Gasteiger partial charge in [-0.2, -0.15) is 13.2 Å². The highest BCUT2D eigenvalue weighted by Crippen LogP contribution is 2.33. The van der Waals surface area contributed by atoms with Gasteiger partial charge in [0.15, 0.2) is 0 Å². The van der Waals surface area contributed by atoms with Crippen molar-refractivity contribution in [2.45, 2.75) is 57.2 Å². The zero-order valence-electron chi connectivity index (χ0n) is 10.7. The Labute approximate surface area is 106 Å². The van der Waals surface area contributed by atoms with Crippen LogP contribution in [-0.4, -0.2) is 35.6 Å². The fourth-order valence-electron chi connectivity index (χ4n) is 2.08. The van der Waals surface area contributed by atoms with Gasteiger partial charge >= 0.3 is 6.18 Å². The number of hydrogen-bond acceptors (Lipinski definition) is 2. The van der Waals surface area contributed by atoms with E-state index in [1.54, 1.807) is 0 Å². The number of carbonyl (C=O) groups is 1. The first-order chi connectivity index (χ1) is 8.26. The van der Waals surface area contributed by atoms with Gasteiger partial charge in [0.2, 0.25) is 5.91 Å². The second kappa shape index (κ2) is 5.91. The summed E-state index contributed by atoms with van der Waals surface area (Å²) < 4.78 is 37.2. The summed E-state index contributed by atoms with van der Waals surface area (Å²) in [6, 6.07) is 0. The molecule has 1 fully saturated rings. The number of unbranched alkanes of at least 4 members (excludes halogenated alkanes) is 1. The van der Waals surface area contributed by atoms with Gasteiger partial charge in [0.1, 0.15) is 6.54 Å². The van der Waals surface area contributed by atoms with Crippen LogP contribution in [0.4, 0.5) is 13.2 Å². The predicted molar refractivity (Wildman–Crippen MR) is 62.9 cm³/mol. The summed E-state index contributed by atoms with van der Waals surface area (Å²) in [5.41, 5.74) is 5.34. The monoisotopic (exact) mass is 266 g/mol. The summed E-state index contributed by atoms with van der Waals surface area (Å²) >= 11 is 0. The molecule has 0 bridgehead atoms. The summed E-state index contributed by atoms with van der Waals surface area (Å²) in [5, 5.41) is 0. The molecule has 2 N–H and O–H groups in total. The largest absolute Gasteiger partial charge is 0.406 e. The Bertz CT molecular complexity index is 288. The smallest absolute Gasteiger partial charge is 0.334 e. The van der Waals surface area contributed by atoms with E-state index in [0.29, 0.717) is 6.42 Å². The minimum absolute atomic E-state index is 0.0345. The number of rotatable bonds is 6. The van der Waals surface area contributed by atoms with E-state index >= 15 is 0 Å². The summed E-state index contributed by atoms with van der Waals surface area (Å²) in [4.78, 5) is 12.8. The standard InChI is InChI=1S/C12H21F3N2O/c1-2-3-7-17(9-12(13,14)15)10(18)8-11(16)5-4-6-11/h2-9,16H2,1H3. The van der Waals surface area contributed by atoms with Gasteiger partial charge in [-0.25, -0.2) is 0 Å². The zero-order chi connectivity index (χ0) is 13.8. The lowest BCUT2D eigenvalue weighted by molar-refractivity contribution is -0.162. The number of hydrogen-bond donors (Lipinski definition) is 1. The summed E-state index contributed by atoms with van der Waals surface area (Å²) in [7, 11) is 0. The maximum Gasteiger partial charge on any atom is 0.406 e. The average molecular weight is 266 g/mol. The van der Waals surface area contributed by atoms with Crippen molar-refractivity contribution in [3.8, 4) is 0 Å². The first kappa shape index (κ1) is 15.3. The fourth-order valence-corrected chi connectivity index (χ4v) is 2.08. The molecule has 0 heterocycles. The molecule has 0 spiro atoms. The molecule has 1 aliphatic carbocycles. The number of halogens is 3. The number of amides is 1. The van der Waals surface area contributed by atoms with Crippen LogP contribution in [0.1, 0.15) is 45.4 Å². The summed E-state index contributed by atoms with van der Waals surface area (Å²) in [6.07, 6.45) is -0.552. The van der Waals surface area contributed by atoms with Crippen molar-refractivity contribution in [3.63, 3.8) is 0 Å². The highest BCUT2D eigenvalue weighted by atomic mass is 19.4. The molecule has 1 saturated carbocycles. The van der Waals surface area contributed by atoms with E-state index in [1.807, 2.05) is 6.92 Å². The van der Waals surface area contributed by atoms with Crippen molar-refractivity contribution < 1.29 is 18.0 Å². The second-order valence-electron chi connectivity index (χ2n) is 5.18. The van der Waals surface area contributed by atoms with Crippen LogP contribution in [0.5, 0.6) is 0 Å². The van der Waals surface area contributed by atoms with Crippen molar-refractivity contribution in [1.82, 2.24) is 4.90 Å². The van der Waals surface area contributed by atoms with E-state index < -0.39 is 24.2 Å². The van der Waals surface area contributed by atoms with E-state index in [9.17, 15) is 18.0 Å². The molecule has 1 amide bonds. The number of carbonyl (C=O) groups excluding carboxylic acids is 1. The van der Waals surface area contributed by atoms with Crippen LogP contribution in [0.3, 0.4) is 0 Å². The first-order valence-corrected chi connectivity index (χ1v) is 6.39. The van der Waals surface area contributed by atoms with Crippen LogP contribution in [0.2, 0.25) is 0 Å². The minimum Gasteiger partial charge on any atom is -0.334 e. The third kappa shape index (κ3) is 4.84. The second-order valence-corrected chi connectivity index (χ2v) is 5.18. The summed E-state index contributed by atoms with van der Waals surface area (Å²) in [5.74, 6) is -0.469. The lowest BCUT2D eigenvalue weighted by Gasteiger charge is -2.39. The third-order valence-corrected chi connectivity index (χ3v) is 3.36. The molecule has 18 heavy (non-hydrogen) atoms. The van der Waals surface area contributed by atoms with Crippen molar-refractivity contribution in [3.05, 3.63) is 0 Å². The normalized spacial score (nSPS) is 18.3. The Morgan fingerprint density at radius 1 is 1.39 bits per heavy atom. The molecule has 1 rings (SSSR count). The van der Waals surface area contributed by atoms with Gasteiger partial charge in [0.25, 0.3) is 0 Å². The van der Waals surface area contributed by atoms with Gasteiger partial charge in [-0.3, -0.25) is 4.79 Å². The van der Waals surface area contributed by atoms with E-state index in [-0.39, 0.29) is 13.0 Å². The van der Waals surface area contributed by atoms with Crippen molar-refractivity contribution >= 4 is 5.91 Å². The van der Waals surface area contributed by atoms with Crippen molar-refractivity contribution in [2.24, 2.45) is 5.73 Å². The van der Waals surface area contributed by atoms with Crippen LogP contribution < -0.4 is 5.73 Å². The van der Waals surface area contributed by atoms with E-state index in [0.717, 1.165) is 30.6 Å². The van der Waals surface area contributed by atoms with Crippen LogP contribution in [-0.2, 0) is 4.79 Å². The molecule has 1 aliphatic rings. The van der Waals surface area contributed by atoms with Gasteiger partial charge in [-0.1, -0.05) is 13.3 Å². The highest BCUT2D eigenvalue weighted by Gasteiger charge is 2.38. The van der Waals surface area contributed by atoms with Gasteiger partial charge in [-0.05, 0) is 25.7 Å². The van der Waals surface area contributed by atoms with Gasteiger partial charge < -0.3 is 10.6 Å². The SMILES string of the molecule is CCCCN(CC(F)(F)F)C(=O)CC1(N)CCC1. The Balaban J connectivity index is 2.54. The average Bonchev–Trinajstić information content (AvgIpc) is 2.20. The Kier molecular flexibility index (Phi) is 5.01. The van der Waals surface area contributed by atoms with Crippen molar-refractivity contribution in [1.29, 1.82) is 0 Å². The van der Waals surface area contributed by atoms with E-state index in [1.165, 1.54) is 0 Å². The molecule has 0 unspecified atom stereocenters. The lowest BCUT2D eigenvalue weighted by atomic mass is 9.75. The Hall–Kier alpha value is -0.780. The van der Waals surface area contributed by atoms with Gasteiger partial charge in [-0.15, -0.1) is 0 Å². The molecule has 0 saturated heterocycles. The number of nitrogens with zero attached hydrogens (tertiary/aromatic N) is 1. The van der Waals surface area contributed by atoms with Crippen LogP contribution in [0.15, 0.2) is 0 Å². The summed E-state index contributed by atoms with van der Waals surface area (Å²) in [6.45, 7) is 0.874. The molecule has 0 aromatic carbocycles. The molecule has 0 aromatic heterocycles. The van der Waals surface area contributed by atoms with Gasteiger partial charge in [0.05, 0.1) is 0 Å². The third-order valence-electron chi connectivity index (χ3n) is 3.36. The fraction of sp³-hybridized carbons (Fsp3) is 0.917. The lowest BCUT2D eigenvalue weighted by Crippen LogP contribution is -2.51. The molecule has 3 nitrogen and oxygen atoms in total. The molecule has 106 valence electrons. The molecular weight excluding hydrogens is 245 g/mol. The van der Waals surface area contributed by atoms with Gasteiger partial charge in [0, 0.05) is 18.5 Å². The molecular formula is C12H21F3N2O. The van der Waals surface area contributed by atoms with Crippen molar-refractivity contribution in [2.75, 3.05) is 13.1 Å². The maximum atomic E-state index is 12.4. The topological polar surface area (TPSA) is 46.3 Å². The molecule has 0 radical (unpaired) electrons. The van der Waals surface area contributed by atoms with E-state index in [2.05, 4.69) is 0 Å². The number of nitrogens with two attached hydrogens (primary N) is 1. The van der Waals surface area contributed by atoms with Crippen LogP contribution in [0, 0.1) is 0 Å². The van der Waals surface area contributed by atoms with E-state index in [4.69, 9.17) is 5.73 Å². The highest BCUT2D eigenvalue weighted by molar-refractivity contribution is 5.77. The molecule has 0 aromatic rings. The molecule has 0 aliphatic heterocycles. The van der Waals surface area contributed by atoms with Crippen LogP contribution in [0.25, 0.3) is 0 Å². The Morgan fingerprint density at radius 3 is 2.39 bits per heavy atom. The Morgan fingerprint density at radius 2 is 2.00 bits per heavy atom. The van der Waals surface area contributed by atoms with Crippen LogP contribution >= 0.6 is 0 Å². The maximum absolute atomic E-state index is 12.4. The zero-order valence-corrected chi connectivity index (χ0v) is 10.7. The quantitative estimate of drug-likeness (QED) is 0.802. The predicted octanol–water partition coefficient (Wildman–Crippen LogP) is 2.45. The molecule has 6 heteroatoms. The number of alkyl halides is 3. The minimum atomic E-state index is -4.34. The molecule has 0 atom stereocenters. The first-order valence-electron chi connectivity index (χ1n) is 6.39.